The topological polar surface area (TPSA) is 77.2 Å². The summed E-state index contributed by atoms with van der Waals surface area (Å²) in [5, 5.41) is 4.05. The zero-order valence-corrected chi connectivity index (χ0v) is 12.7. The summed E-state index contributed by atoms with van der Waals surface area (Å²) in [6, 6.07) is 16.6. The van der Waals surface area contributed by atoms with Crippen LogP contribution >= 0.6 is 0 Å². The van der Waals surface area contributed by atoms with Gasteiger partial charge in [0.05, 0.1) is 0 Å². The molecule has 3 N–H and O–H groups in total. The summed E-state index contributed by atoms with van der Waals surface area (Å²) in [5.74, 6) is 1.00. The standard InChI is InChI=1S/C18H17N3O2/c1-12(18(19)22)21-14-7-9-15(10-8-14)23-16-6-2-4-13-5-3-11-20-17(13)16/h2-12,21H,1H3,(H2,19,22). The van der Waals surface area contributed by atoms with E-state index in [0.29, 0.717) is 11.5 Å². The Balaban J connectivity index is 1.79. The quantitative estimate of drug-likeness (QED) is 0.758. The van der Waals surface area contributed by atoms with Gasteiger partial charge in [-0.15, -0.1) is 0 Å². The molecule has 0 radical (unpaired) electrons. The summed E-state index contributed by atoms with van der Waals surface area (Å²) < 4.78 is 5.92. The van der Waals surface area contributed by atoms with Crippen molar-refractivity contribution in [1.82, 2.24) is 4.98 Å². The van der Waals surface area contributed by atoms with Crippen LogP contribution in [0.1, 0.15) is 6.92 Å². The molecule has 0 bridgehead atoms. The number of ether oxygens (including phenoxy) is 1. The summed E-state index contributed by atoms with van der Waals surface area (Å²) in [6.07, 6.45) is 1.74. The minimum absolute atomic E-state index is 0.396. The van der Waals surface area contributed by atoms with Crippen LogP contribution in [0.3, 0.4) is 0 Å². The third-order valence-electron chi connectivity index (χ3n) is 3.49. The molecule has 5 nitrogen and oxygen atoms in total. The van der Waals surface area contributed by atoms with Crippen molar-refractivity contribution < 1.29 is 9.53 Å². The van der Waals surface area contributed by atoms with Gasteiger partial charge in [0, 0.05) is 17.3 Å². The molecule has 3 rings (SSSR count). The number of amides is 1. The van der Waals surface area contributed by atoms with Crippen LogP contribution in [-0.2, 0) is 4.79 Å². The lowest BCUT2D eigenvalue weighted by Gasteiger charge is -2.12. The van der Waals surface area contributed by atoms with Gasteiger partial charge in [0.25, 0.3) is 0 Å². The number of aromatic nitrogens is 1. The molecule has 116 valence electrons. The van der Waals surface area contributed by atoms with E-state index in [1.165, 1.54) is 0 Å². The lowest BCUT2D eigenvalue weighted by Crippen LogP contribution is -2.32. The monoisotopic (exact) mass is 307 g/mol. The number of para-hydroxylation sites is 1. The van der Waals surface area contributed by atoms with Gasteiger partial charge in [0.2, 0.25) is 5.91 Å². The number of fused-ring (bicyclic) bond motifs is 1. The van der Waals surface area contributed by atoms with Gasteiger partial charge in [0.1, 0.15) is 17.3 Å². The number of hydrogen-bond acceptors (Lipinski definition) is 4. The summed E-state index contributed by atoms with van der Waals surface area (Å²) in [4.78, 5) is 15.4. The Kier molecular flexibility index (Phi) is 4.10. The lowest BCUT2D eigenvalue weighted by atomic mass is 10.2. The second-order valence-corrected chi connectivity index (χ2v) is 5.23. The van der Waals surface area contributed by atoms with Gasteiger partial charge in [-0.1, -0.05) is 18.2 Å². The first-order valence-corrected chi connectivity index (χ1v) is 7.31. The number of nitrogens with zero attached hydrogens (tertiary/aromatic N) is 1. The SMILES string of the molecule is CC(Nc1ccc(Oc2cccc3cccnc23)cc1)C(N)=O. The number of benzene rings is 2. The summed E-state index contributed by atoms with van der Waals surface area (Å²) >= 11 is 0. The smallest absolute Gasteiger partial charge is 0.239 e. The molecule has 1 heterocycles. The molecule has 1 atom stereocenters. The number of nitrogens with one attached hydrogen (secondary N) is 1. The molecule has 3 aromatic rings. The number of primary amides is 1. The van der Waals surface area contributed by atoms with Gasteiger partial charge in [-0.25, -0.2) is 0 Å². The molecule has 5 heteroatoms. The molecule has 0 spiro atoms. The molecule has 1 amide bonds. The maximum Gasteiger partial charge on any atom is 0.239 e. The largest absolute Gasteiger partial charge is 0.455 e. The maximum atomic E-state index is 11.1. The highest BCUT2D eigenvalue weighted by molar-refractivity contribution is 5.84. The first-order valence-electron chi connectivity index (χ1n) is 7.31. The molecule has 0 aliphatic heterocycles. The Morgan fingerprint density at radius 2 is 1.87 bits per heavy atom. The van der Waals surface area contributed by atoms with Crippen LogP contribution in [0.25, 0.3) is 10.9 Å². The summed E-state index contributed by atoms with van der Waals surface area (Å²) in [6.45, 7) is 1.72. The van der Waals surface area contributed by atoms with Gasteiger partial charge < -0.3 is 15.8 Å². The zero-order valence-electron chi connectivity index (χ0n) is 12.7. The van der Waals surface area contributed by atoms with Crippen LogP contribution in [0.15, 0.2) is 60.8 Å². The van der Waals surface area contributed by atoms with E-state index in [1.807, 2.05) is 54.6 Å². The zero-order chi connectivity index (χ0) is 16.2. The molecular weight excluding hydrogens is 290 g/mol. The number of nitrogens with two attached hydrogens (primary N) is 1. The van der Waals surface area contributed by atoms with Crippen molar-refractivity contribution in [1.29, 1.82) is 0 Å². The number of rotatable bonds is 5. The Morgan fingerprint density at radius 1 is 1.13 bits per heavy atom. The van der Waals surface area contributed by atoms with Crippen molar-refractivity contribution in [3.8, 4) is 11.5 Å². The van der Waals surface area contributed by atoms with E-state index in [4.69, 9.17) is 10.5 Å². The number of hydrogen-bond donors (Lipinski definition) is 2. The van der Waals surface area contributed by atoms with Crippen molar-refractivity contribution in [3.63, 3.8) is 0 Å². The average Bonchev–Trinajstić information content (AvgIpc) is 2.57. The third kappa shape index (κ3) is 3.40. The first kappa shape index (κ1) is 14.8. The summed E-state index contributed by atoms with van der Waals surface area (Å²) in [7, 11) is 0. The van der Waals surface area contributed by atoms with E-state index >= 15 is 0 Å². The van der Waals surface area contributed by atoms with E-state index in [9.17, 15) is 4.79 Å². The second-order valence-electron chi connectivity index (χ2n) is 5.23. The van der Waals surface area contributed by atoms with Crippen molar-refractivity contribution >= 4 is 22.5 Å². The van der Waals surface area contributed by atoms with Crippen molar-refractivity contribution in [2.45, 2.75) is 13.0 Å². The first-order chi connectivity index (χ1) is 11.1. The normalized spacial score (nSPS) is 11.9. The lowest BCUT2D eigenvalue weighted by molar-refractivity contribution is -0.118. The minimum atomic E-state index is -0.427. The van der Waals surface area contributed by atoms with E-state index in [2.05, 4.69) is 10.3 Å². The number of carbonyl (C=O) groups excluding carboxylic acids is 1. The number of anilines is 1. The number of carbonyl (C=O) groups is 1. The van der Waals surface area contributed by atoms with E-state index in [-0.39, 0.29) is 0 Å². The van der Waals surface area contributed by atoms with Crippen molar-refractivity contribution in [2.24, 2.45) is 5.73 Å². The Hall–Kier alpha value is -3.08. The Labute approximate surface area is 134 Å². The van der Waals surface area contributed by atoms with E-state index < -0.39 is 11.9 Å². The highest BCUT2D eigenvalue weighted by Crippen LogP contribution is 2.28. The van der Waals surface area contributed by atoms with Crippen LogP contribution in [0.2, 0.25) is 0 Å². The van der Waals surface area contributed by atoms with Crippen LogP contribution in [0.5, 0.6) is 11.5 Å². The van der Waals surface area contributed by atoms with Gasteiger partial charge in [0.15, 0.2) is 5.75 Å². The second kappa shape index (κ2) is 6.36. The molecule has 1 aromatic heterocycles. The van der Waals surface area contributed by atoms with Crippen LogP contribution < -0.4 is 15.8 Å². The fraction of sp³-hybridized carbons (Fsp3) is 0.111. The van der Waals surface area contributed by atoms with Gasteiger partial charge in [-0.05, 0) is 43.3 Å². The minimum Gasteiger partial charge on any atom is -0.455 e. The van der Waals surface area contributed by atoms with Crippen molar-refractivity contribution in [2.75, 3.05) is 5.32 Å². The fourth-order valence-electron chi connectivity index (χ4n) is 2.23. The van der Waals surface area contributed by atoms with Gasteiger partial charge in [-0.3, -0.25) is 9.78 Å². The predicted molar refractivity (Wildman–Crippen MR) is 90.5 cm³/mol. The average molecular weight is 307 g/mol. The van der Waals surface area contributed by atoms with Crippen LogP contribution in [0, 0.1) is 0 Å². The van der Waals surface area contributed by atoms with E-state index in [0.717, 1.165) is 16.6 Å². The van der Waals surface area contributed by atoms with Gasteiger partial charge in [-0.2, -0.15) is 0 Å². The maximum absolute atomic E-state index is 11.1. The molecule has 0 fully saturated rings. The number of pyridine rings is 1. The Bertz CT molecular complexity index is 826. The van der Waals surface area contributed by atoms with Crippen molar-refractivity contribution in [3.05, 3.63) is 60.8 Å². The molecule has 2 aromatic carbocycles. The highest BCUT2D eigenvalue weighted by Gasteiger charge is 2.08. The van der Waals surface area contributed by atoms with Gasteiger partial charge >= 0.3 is 0 Å². The van der Waals surface area contributed by atoms with E-state index in [1.54, 1.807) is 13.1 Å². The molecule has 0 saturated heterocycles. The van der Waals surface area contributed by atoms with Crippen LogP contribution in [-0.4, -0.2) is 16.9 Å². The fourth-order valence-corrected chi connectivity index (χ4v) is 2.23. The molecular formula is C18H17N3O2. The Morgan fingerprint density at radius 3 is 2.61 bits per heavy atom. The molecule has 1 unspecified atom stereocenters. The highest BCUT2D eigenvalue weighted by atomic mass is 16.5. The molecule has 0 saturated carbocycles. The molecule has 23 heavy (non-hydrogen) atoms. The van der Waals surface area contributed by atoms with Crippen LogP contribution in [0.4, 0.5) is 5.69 Å². The third-order valence-corrected chi connectivity index (χ3v) is 3.49. The molecule has 0 aliphatic carbocycles. The summed E-state index contributed by atoms with van der Waals surface area (Å²) in [5.41, 5.74) is 6.86. The molecule has 0 aliphatic rings. The predicted octanol–water partition coefficient (Wildman–Crippen LogP) is 3.31.